The summed E-state index contributed by atoms with van der Waals surface area (Å²) in [4.78, 5) is 16.8. The molecule has 3 nitrogen and oxygen atoms in total. The summed E-state index contributed by atoms with van der Waals surface area (Å²) in [5.74, 6) is -0.492. The van der Waals surface area contributed by atoms with Crippen LogP contribution in [0.1, 0.15) is 41.0 Å². The molecule has 2 aromatic carbocycles. The van der Waals surface area contributed by atoms with E-state index in [1.807, 2.05) is 22.8 Å². The van der Waals surface area contributed by atoms with Crippen LogP contribution in [0.15, 0.2) is 42.5 Å². The predicted octanol–water partition coefficient (Wildman–Crippen LogP) is 4.37. The molecule has 3 atom stereocenters. The number of likely N-dealkylation sites (tertiary alicyclic amines) is 2. The molecule has 2 fully saturated rings. The number of carbonyl (C=O) groups excluding carboxylic acids is 1. The fraction of sp³-hybridized carbons (Fsp3) is 0.458. The maximum Gasteiger partial charge on any atom is 0.240 e. The van der Waals surface area contributed by atoms with Gasteiger partial charge in [-0.25, -0.2) is 8.78 Å². The molecule has 0 spiro atoms. The Bertz CT molecular complexity index is 883. The molecule has 2 saturated heterocycles. The lowest BCUT2D eigenvalue weighted by molar-refractivity contribution is -0.133. The van der Waals surface area contributed by atoms with Gasteiger partial charge in [0.15, 0.2) is 0 Å². The highest BCUT2D eigenvalue weighted by molar-refractivity contribution is 5.84. The molecule has 1 amide bonds. The van der Waals surface area contributed by atoms with Gasteiger partial charge in [0, 0.05) is 25.6 Å². The number of carbonyl (C=O) groups is 1. The van der Waals surface area contributed by atoms with E-state index in [4.69, 9.17) is 0 Å². The largest absolute Gasteiger partial charge is 0.337 e. The Morgan fingerprint density at radius 2 is 1.79 bits per heavy atom. The van der Waals surface area contributed by atoms with Crippen molar-refractivity contribution in [3.8, 4) is 0 Å². The van der Waals surface area contributed by atoms with Gasteiger partial charge in [0.2, 0.25) is 5.91 Å². The van der Waals surface area contributed by atoms with E-state index in [-0.39, 0.29) is 30.2 Å². The molecule has 29 heavy (non-hydrogen) atoms. The minimum Gasteiger partial charge on any atom is -0.337 e. The summed E-state index contributed by atoms with van der Waals surface area (Å²) in [7, 11) is 0. The molecule has 4 rings (SSSR count). The van der Waals surface area contributed by atoms with Crippen molar-refractivity contribution in [3.63, 3.8) is 0 Å². The molecule has 0 bridgehead atoms. The van der Waals surface area contributed by atoms with Gasteiger partial charge in [0.1, 0.15) is 12.0 Å². The van der Waals surface area contributed by atoms with Crippen molar-refractivity contribution in [1.29, 1.82) is 0 Å². The van der Waals surface area contributed by atoms with Crippen molar-refractivity contribution >= 4 is 5.91 Å². The lowest BCUT2D eigenvalue weighted by Crippen LogP contribution is -2.49. The number of alkyl halides is 1. The topological polar surface area (TPSA) is 23.6 Å². The van der Waals surface area contributed by atoms with Crippen molar-refractivity contribution in [3.05, 3.63) is 70.5 Å². The first-order chi connectivity index (χ1) is 13.9. The number of hydrogen-bond donors (Lipinski definition) is 0. The minimum absolute atomic E-state index is 0.0950. The highest BCUT2D eigenvalue weighted by atomic mass is 19.1. The number of amides is 1. The van der Waals surface area contributed by atoms with Crippen molar-refractivity contribution in [2.24, 2.45) is 0 Å². The Morgan fingerprint density at radius 1 is 1.03 bits per heavy atom. The Kier molecular flexibility index (Phi) is 5.68. The number of hydrogen-bond acceptors (Lipinski definition) is 2. The minimum atomic E-state index is -1.09. The third-order valence-corrected chi connectivity index (χ3v) is 6.40. The fourth-order valence-electron chi connectivity index (χ4n) is 4.56. The average Bonchev–Trinajstić information content (AvgIpc) is 3.06. The highest BCUT2D eigenvalue weighted by Gasteiger charge is 2.40. The van der Waals surface area contributed by atoms with Crippen LogP contribution in [0.3, 0.4) is 0 Å². The molecule has 0 aliphatic carbocycles. The zero-order valence-electron chi connectivity index (χ0n) is 17.1. The van der Waals surface area contributed by atoms with Crippen LogP contribution in [0.4, 0.5) is 8.78 Å². The van der Waals surface area contributed by atoms with E-state index in [1.165, 1.54) is 11.6 Å². The Morgan fingerprint density at radius 3 is 2.48 bits per heavy atom. The lowest BCUT2D eigenvalue weighted by Gasteiger charge is -2.37. The SMILES string of the molecule is Cc1ccc(CN2CC[C@@H](N3CC[C@@H](c4ccc(C)c(F)c4)[C@H](F)C3)C2=O)cc1. The fourth-order valence-corrected chi connectivity index (χ4v) is 4.56. The first-order valence-electron chi connectivity index (χ1n) is 10.4. The lowest BCUT2D eigenvalue weighted by atomic mass is 9.87. The number of nitrogens with zero attached hydrogens (tertiary/aromatic N) is 2. The molecule has 0 unspecified atom stereocenters. The van der Waals surface area contributed by atoms with E-state index in [1.54, 1.807) is 13.0 Å². The van der Waals surface area contributed by atoms with Crippen LogP contribution in [0.2, 0.25) is 0 Å². The molecule has 5 heteroatoms. The van der Waals surface area contributed by atoms with Gasteiger partial charge in [0.05, 0.1) is 6.04 Å². The molecule has 0 saturated carbocycles. The van der Waals surface area contributed by atoms with Crippen LogP contribution in [0, 0.1) is 19.7 Å². The van der Waals surface area contributed by atoms with Gasteiger partial charge in [0.25, 0.3) is 0 Å². The summed E-state index contributed by atoms with van der Waals surface area (Å²) in [5, 5.41) is 0. The molecule has 2 aliphatic heterocycles. The summed E-state index contributed by atoms with van der Waals surface area (Å²) >= 11 is 0. The highest BCUT2D eigenvalue weighted by Crippen LogP contribution is 2.33. The van der Waals surface area contributed by atoms with Gasteiger partial charge in [-0.2, -0.15) is 0 Å². The molecular weight excluding hydrogens is 370 g/mol. The summed E-state index contributed by atoms with van der Waals surface area (Å²) < 4.78 is 28.9. The van der Waals surface area contributed by atoms with E-state index < -0.39 is 6.17 Å². The summed E-state index contributed by atoms with van der Waals surface area (Å²) in [5.41, 5.74) is 3.61. The Labute approximate surface area is 171 Å². The molecule has 0 radical (unpaired) electrons. The van der Waals surface area contributed by atoms with Gasteiger partial charge in [-0.1, -0.05) is 42.0 Å². The van der Waals surface area contributed by atoms with E-state index in [2.05, 4.69) is 24.3 Å². The Balaban J connectivity index is 1.38. The van der Waals surface area contributed by atoms with Crippen LogP contribution in [-0.4, -0.2) is 47.6 Å². The summed E-state index contributed by atoms with van der Waals surface area (Å²) in [6.45, 7) is 5.96. The second-order valence-electron chi connectivity index (χ2n) is 8.46. The van der Waals surface area contributed by atoms with Crippen LogP contribution >= 0.6 is 0 Å². The number of benzene rings is 2. The third kappa shape index (κ3) is 4.20. The molecule has 154 valence electrons. The number of aryl methyl sites for hydroxylation is 2. The first-order valence-corrected chi connectivity index (χ1v) is 10.4. The number of rotatable bonds is 4. The quantitative estimate of drug-likeness (QED) is 0.764. The van der Waals surface area contributed by atoms with Crippen LogP contribution in [0.25, 0.3) is 0 Å². The maximum absolute atomic E-state index is 15.0. The van der Waals surface area contributed by atoms with Crippen molar-refractivity contribution in [2.75, 3.05) is 19.6 Å². The standard InChI is InChI=1S/C24H28F2N2O/c1-16-3-6-18(7-4-16)14-28-12-10-23(24(28)29)27-11-9-20(22(26)15-27)19-8-5-17(2)21(25)13-19/h3-8,13,20,22-23H,9-12,14-15H2,1-2H3/t20-,22+,23+/m0/s1. The van der Waals surface area contributed by atoms with Crippen molar-refractivity contribution in [2.45, 2.75) is 51.4 Å². The predicted molar refractivity (Wildman–Crippen MR) is 110 cm³/mol. The van der Waals surface area contributed by atoms with E-state index in [0.717, 1.165) is 17.5 Å². The molecule has 0 N–H and O–H groups in total. The number of piperidine rings is 1. The van der Waals surface area contributed by atoms with Crippen LogP contribution in [0.5, 0.6) is 0 Å². The van der Waals surface area contributed by atoms with E-state index in [9.17, 15) is 13.6 Å². The van der Waals surface area contributed by atoms with Gasteiger partial charge >= 0.3 is 0 Å². The normalized spacial score (nSPS) is 25.6. The van der Waals surface area contributed by atoms with Crippen molar-refractivity contribution in [1.82, 2.24) is 9.80 Å². The molecule has 2 aliphatic rings. The third-order valence-electron chi connectivity index (χ3n) is 6.40. The molecule has 0 aromatic heterocycles. The van der Waals surface area contributed by atoms with Gasteiger partial charge in [-0.05, 0) is 56.0 Å². The zero-order chi connectivity index (χ0) is 20.5. The second kappa shape index (κ2) is 8.23. The van der Waals surface area contributed by atoms with Gasteiger partial charge in [-0.3, -0.25) is 9.69 Å². The average molecular weight is 398 g/mol. The number of halogens is 2. The Hall–Kier alpha value is -2.27. The molecule has 2 aromatic rings. The molecule has 2 heterocycles. The summed E-state index contributed by atoms with van der Waals surface area (Å²) in [6, 6.07) is 13.0. The van der Waals surface area contributed by atoms with E-state index in [0.29, 0.717) is 31.6 Å². The van der Waals surface area contributed by atoms with Crippen LogP contribution in [-0.2, 0) is 11.3 Å². The van der Waals surface area contributed by atoms with Crippen LogP contribution < -0.4 is 0 Å². The zero-order valence-corrected chi connectivity index (χ0v) is 17.1. The van der Waals surface area contributed by atoms with E-state index >= 15 is 0 Å². The monoisotopic (exact) mass is 398 g/mol. The van der Waals surface area contributed by atoms with Gasteiger partial charge in [-0.15, -0.1) is 0 Å². The second-order valence-corrected chi connectivity index (χ2v) is 8.46. The molecular formula is C24H28F2N2O. The van der Waals surface area contributed by atoms with Gasteiger partial charge < -0.3 is 4.90 Å². The first kappa shape index (κ1) is 20.0. The smallest absolute Gasteiger partial charge is 0.240 e. The van der Waals surface area contributed by atoms with Crippen molar-refractivity contribution < 1.29 is 13.6 Å². The summed E-state index contributed by atoms with van der Waals surface area (Å²) in [6.07, 6.45) is 0.247. The maximum atomic E-state index is 15.0.